The summed E-state index contributed by atoms with van der Waals surface area (Å²) < 4.78 is 0. The van der Waals surface area contributed by atoms with Crippen LogP contribution in [0.1, 0.15) is 24.8 Å². The Labute approximate surface area is 125 Å². The van der Waals surface area contributed by atoms with Gasteiger partial charge >= 0.3 is 0 Å². The minimum Gasteiger partial charge on any atom is -0.396 e. The number of aryl methyl sites for hydroxylation is 1. The molecule has 0 aliphatic rings. The number of carbonyl (C=O) groups is 1. The number of likely N-dealkylation sites (N-methyl/N-ethyl adjacent to an activating group) is 1. The Morgan fingerprint density at radius 2 is 2.10 bits per heavy atom. The van der Waals surface area contributed by atoms with E-state index in [2.05, 4.69) is 5.32 Å². The molecule has 1 aromatic carbocycles. The van der Waals surface area contributed by atoms with Gasteiger partial charge in [-0.3, -0.25) is 9.69 Å². The summed E-state index contributed by atoms with van der Waals surface area (Å²) in [6.07, 6.45) is 2.80. The van der Waals surface area contributed by atoms with Crippen molar-refractivity contribution < 1.29 is 9.90 Å². The molecule has 20 heavy (non-hydrogen) atoms. The van der Waals surface area contributed by atoms with E-state index in [1.807, 2.05) is 31.0 Å². The fraction of sp³-hybridized carbons (Fsp3) is 0.533. The molecule has 0 radical (unpaired) electrons. The molecule has 1 rings (SSSR count). The van der Waals surface area contributed by atoms with Gasteiger partial charge in [0.05, 0.1) is 6.54 Å². The van der Waals surface area contributed by atoms with Gasteiger partial charge in [-0.15, -0.1) is 0 Å². The Morgan fingerprint density at radius 1 is 1.35 bits per heavy atom. The minimum absolute atomic E-state index is 0.0277. The van der Waals surface area contributed by atoms with E-state index >= 15 is 0 Å². The molecule has 0 spiro atoms. The van der Waals surface area contributed by atoms with Gasteiger partial charge in [0, 0.05) is 17.3 Å². The maximum Gasteiger partial charge on any atom is 0.238 e. The number of aliphatic hydroxyl groups is 1. The maximum absolute atomic E-state index is 11.9. The van der Waals surface area contributed by atoms with Gasteiger partial charge in [0.2, 0.25) is 5.91 Å². The summed E-state index contributed by atoms with van der Waals surface area (Å²) in [6, 6.07) is 5.41. The van der Waals surface area contributed by atoms with Crippen LogP contribution < -0.4 is 5.32 Å². The van der Waals surface area contributed by atoms with E-state index in [9.17, 15) is 4.79 Å². The fourth-order valence-corrected chi connectivity index (χ4v) is 2.18. The van der Waals surface area contributed by atoms with Crippen LogP contribution in [0, 0.1) is 6.92 Å². The normalized spacial score (nSPS) is 10.8. The molecule has 5 heteroatoms. The number of nitrogens with zero attached hydrogens (tertiary/aromatic N) is 1. The maximum atomic E-state index is 11.9. The average molecular weight is 299 g/mol. The van der Waals surface area contributed by atoms with E-state index in [1.54, 1.807) is 6.07 Å². The minimum atomic E-state index is -0.0277. The lowest BCUT2D eigenvalue weighted by Crippen LogP contribution is -2.31. The van der Waals surface area contributed by atoms with Crippen LogP contribution in [-0.4, -0.2) is 42.7 Å². The zero-order valence-electron chi connectivity index (χ0n) is 12.2. The molecule has 0 aliphatic heterocycles. The Balaban J connectivity index is 2.35. The summed E-state index contributed by atoms with van der Waals surface area (Å²) in [4.78, 5) is 13.9. The number of unbranched alkanes of at least 4 members (excludes halogenated alkanes) is 2. The Morgan fingerprint density at radius 3 is 2.75 bits per heavy atom. The van der Waals surface area contributed by atoms with Crippen LogP contribution in [0.15, 0.2) is 18.2 Å². The van der Waals surface area contributed by atoms with E-state index in [0.717, 1.165) is 37.1 Å². The monoisotopic (exact) mass is 298 g/mol. The first-order valence-electron chi connectivity index (χ1n) is 6.88. The van der Waals surface area contributed by atoms with Crippen molar-refractivity contribution in [3.05, 3.63) is 28.8 Å². The summed E-state index contributed by atoms with van der Waals surface area (Å²) in [5, 5.41) is 12.3. The van der Waals surface area contributed by atoms with Crippen molar-refractivity contribution in [3.8, 4) is 0 Å². The number of halogens is 1. The SMILES string of the molecule is Cc1cc(Cl)ccc1NC(=O)CN(C)CCCCCO. The van der Waals surface area contributed by atoms with Crippen molar-refractivity contribution in [2.45, 2.75) is 26.2 Å². The summed E-state index contributed by atoms with van der Waals surface area (Å²) in [7, 11) is 1.92. The number of hydrogen-bond acceptors (Lipinski definition) is 3. The predicted molar refractivity (Wildman–Crippen MR) is 83.3 cm³/mol. The molecular formula is C15H23ClN2O2. The Kier molecular flexibility index (Phi) is 7.59. The topological polar surface area (TPSA) is 52.6 Å². The predicted octanol–water partition coefficient (Wildman–Crippen LogP) is 2.68. The van der Waals surface area contributed by atoms with Crippen LogP contribution in [0.2, 0.25) is 5.02 Å². The van der Waals surface area contributed by atoms with Gasteiger partial charge in [0.1, 0.15) is 0 Å². The third kappa shape index (κ3) is 6.37. The van der Waals surface area contributed by atoms with Gasteiger partial charge in [-0.25, -0.2) is 0 Å². The highest BCUT2D eigenvalue weighted by Crippen LogP contribution is 2.19. The first-order valence-corrected chi connectivity index (χ1v) is 7.26. The van der Waals surface area contributed by atoms with Crippen LogP contribution in [-0.2, 0) is 4.79 Å². The molecule has 0 aliphatic carbocycles. The van der Waals surface area contributed by atoms with Gasteiger partial charge < -0.3 is 10.4 Å². The number of rotatable bonds is 8. The van der Waals surface area contributed by atoms with E-state index in [0.29, 0.717) is 11.6 Å². The fourth-order valence-electron chi connectivity index (χ4n) is 1.95. The van der Waals surface area contributed by atoms with Gasteiger partial charge in [-0.05, 0) is 63.5 Å². The van der Waals surface area contributed by atoms with Crippen molar-refractivity contribution in [2.24, 2.45) is 0 Å². The molecule has 0 bridgehead atoms. The molecule has 0 heterocycles. The van der Waals surface area contributed by atoms with Crippen LogP contribution in [0.3, 0.4) is 0 Å². The molecular weight excluding hydrogens is 276 g/mol. The first kappa shape index (κ1) is 17.0. The lowest BCUT2D eigenvalue weighted by atomic mass is 10.2. The third-order valence-corrected chi connectivity index (χ3v) is 3.31. The molecule has 2 N–H and O–H groups in total. The number of benzene rings is 1. The second kappa shape index (κ2) is 8.95. The van der Waals surface area contributed by atoms with Crippen molar-refractivity contribution in [1.29, 1.82) is 0 Å². The number of nitrogens with one attached hydrogen (secondary N) is 1. The molecule has 0 saturated heterocycles. The lowest BCUT2D eigenvalue weighted by molar-refractivity contribution is -0.117. The highest BCUT2D eigenvalue weighted by atomic mass is 35.5. The smallest absolute Gasteiger partial charge is 0.238 e. The van der Waals surface area contributed by atoms with Gasteiger partial charge in [0.25, 0.3) is 0 Å². The summed E-state index contributed by atoms with van der Waals surface area (Å²) in [6.45, 7) is 3.37. The van der Waals surface area contributed by atoms with Crippen molar-refractivity contribution in [3.63, 3.8) is 0 Å². The molecule has 4 nitrogen and oxygen atoms in total. The molecule has 0 saturated carbocycles. The van der Waals surface area contributed by atoms with Crippen molar-refractivity contribution in [1.82, 2.24) is 4.90 Å². The van der Waals surface area contributed by atoms with E-state index in [4.69, 9.17) is 16.7 Å². The molecule has 1 amide bonds. The molecule has 0 fully saturated rings. The number of anilines is 1. The second-order valence-corrected chi connectivity index (χ2v) is 5.47. The summed E-state index contributed by atoms with van der Waals surface area (Å²) >= 11 is 5.88. The zero-order chi connectivity index (χ0) is 15.0. The molecule has 112 valence electrons. The summed E-state index contributed by atoms with van der Waals surface area (Å²) in [5.41, 5.74) is 1.75. The van der Waals surface area contributed by atoms with Crippen molar-refractivity contribution >= 4 is 23.2 Å². The Hall–Kier alpha value is -1.10. The van der Waals surface area contributed by atoms with E-state index in [-0.39, 0.29) is 12.5 Å². The number of hydrogen-bond donors (Lipinski definition) is 2. The zero-order valence-corrected chi connectivity index (χ0v) is 12.9. The Bertz CT molecular complexity index is 438. The van der Waals surface area contributed by atoms with Crippen LogP contribution >= 0.6 is 11.6 Å². The van der Waals surface area contributed by atoms with Gasteiger partial charge in [0.15, 0.2) is 0 Å². The second-order valence-electron chi connectivity index (χ2n) is 5.03. The molecule has 0 unspecified atom stereocenters. The van der Waals surface area contributed by atoms with Crippen LogP contribution in [0.25, 0.3) is 0 Å². The highest BCUT2D eigenvalue weighted by Gasteiger charge is 2.08. The van der Waals surface area contributed by atoms with Crippen LogP contribution in [0.4, 0.5) is 5.69 Å². The van der Waals surface area contributed by atoms with E-state index < -0.39 is 0 Å². The molecule has 1 aromatic rings. The van der Waals surface area contributed by atoms with Crippen molar-refractivity contribution in [2.75, 3.05) is 32.1 Å². The van der Waals surface area contributed by atoms with Crippen LogP contribution in [0.5, 0.6) is 0 Å². The summed E-state index contributed by atoms with van der Waals surface area (Å²) in [5.74, 6) is -0.0277. The number of aliphatic hydroxyl groups excluding tert-OH is 1. The third-order valence-electron chi connectivity index (χ3n) is 3.07. The highest BCUT2D eigenvalue weighted by molar-refractivity contribution is 6.30. The number of carbonyl (C=O) groups excluding carboxylic acids is 1. The number of amides is 1. The largest absolute Gasteiger partial charge is 0.396 e. The standard InChI is InChI=1S/C15H23ClN2O2/c1-12-10-13(16)6-7-14(12)17-15(20)11-18(2)8-4-3-5-9-19/h6-7,10,19H,3-5,8-9,11H2,1-2H3,(H,17,20). The van der Waals surface area contributed by atoms with Gasteiger partial charge in [-0.1, -0.05) is 11.6 Å². The lowest BCUT2D eigenvalue weighted by Gasteiger charge is -2.16. The van der Waals surface area contributed by atoms with Gasteiger partial charge in [-0.2, -0.15) is 0 Å². The molecule has 0 aromatic heterocycles. The quantitative estimate of drug-likeness (QED) is 0.726. The molecule has 0 atom stereocenters. The van der Waals surface area contributed by atoms with E-state index in [1.165, 1.54) is 0 Å². The first-order chi connectivity index (χ1) is 9.52. The average Bonchev–Trinajstić information content (AvgIpc) is 2.38.